The molecule has 0 aromatic carbocycles. The predicted molar refractivity (Wildman–Crippen MR) is 83.4 cm³/mol. The van der Waals surface area contributed by atoms with E-state index in [4.69, 9.17) is 5.26 Å². The topological polar surface area (TPSA) is 23.8 Å². The Morgan fingerprint density at radius 1 is 0.778 bits per heavy atom. The summed E-state index contributed by atoms with van der Waals surface area (Å²) in [6.07, 6.45) is 0. The van der Waals surface area contributed by atoms with Crippen LogP contribution in [0.4, 0.5) is 0 Å². The SMILES string of the molecule is N#Cc1ccc(-c2ccc(-c3ccc(Br)s3)s2)s1. The molecule has 5 heteroatoms. The summed E-state index contributed by atoms with van der Waals surface area (Å²) in [5, 5.41) is 8.84. The Labute approximate surface area is 125 Å². The molecule has 3 aromatic rings. The summed E-state index contributed by atoms with van der Waals surface area (Å²) in [4.78, 5) is 5.70. The van der Waals surface area contributed by atoms with Gasteiger partial charge < -0.3 is 0 Å². The predicted octanol–water partition coefficient (Wildman–Crippen LogP) is 5.84. The normalized spacial score (nSPS) is 10.4. The first-order chi connectivity index (χ1) is 8.76. The Bertz CT molecular complexity index is 729. The zero-order valence-corrected chi connectivity index (χ0v) is 13.0. The van der Waals surface area contributed by atoms with E-state index in [1.807, 2.05) is 12.1 Å². The summed E-state index contributed by atoms with van der Waals surface area (Å²) in [5.41, 5.74) is 0. The fourth-order valence-corrected chi connectivity index (χ4v) is 4.96. The van der Waals surface area contributed by atoms with Gasteiger partial charge in [0, 0.05) is 19.5 Å². The molecule has 1 nitrogen and oxygen atoms in total. The van der Waals surface area contributed by atoms with Gasteiger partial charge in [0.25, 0.3) is 0 Å². The van der Waals surface area contributed by atoms with Crippen LogP contribution in [0.25, 0.3) is 19.5 Å². The van der Waals surface area contributed by atoms with Crippen molar-refractivity contribution in [2.24, 2.45) is 0 Å². The van der Waals surface area contributed by atoms with Gasteiger partial charge in [-0.3, -0.25) is 0 Å². The highest BCUT2D eigenvalue weighted by Gasteiger charge is 2.08. The molecule has 3 aromatic heterocycles. The highest BCUT2D eigenvalue weighted by molar-refractivity contribution is 9.11. The van der Waals surface area contributed by atoms with Crippen LogP contribution in [0.5, 0.6) is 0 Å². The number of rotatable bonds is 2. The van der Waals surface area contributed by atoms with Crippen molar-refractivity contribution in [2.45, 2.75) is 0 Å². The fourth-order valence-electron chi connectivity index (χ4n) is 1.58. The minimum Gasteiger partial charge on any atom is -0.192 e. The average Bonchev–Trinajstić information content (AvgIpc) is 3.07. The minimum atomic E-state index is 0.763. The van der Waals surface area contributed by atoms with Gasteiger partial charge >= 0.3 is 0 Å². The number of hydrogen-bond donors (Lipinski definition) is 0. The van der Waals surface area contributed by atoms with Crippen LogP contribution in [-0.4, -0.2) is 0 Å². The van der Waals surface area contributed by atoms with Crippen LogP contribution in [0.3, 0.4) is 0 Å². The summed E-state index contributed by atoms with van der Waals surface area (Å²) in [6.45, 7) is 0. The zero-order chi connectivity index (χ0) is 12.5. The van der Waals surface area contributed by atoms with Crippen molar-refractivity contribution in [3.63, 3.8) is 0 Å². The average molecular weight is 352 g/mol. The maximum absolute atomic E-state index is 8.84. The second kappa shape index (κ2) is 4.98. The van der Waals surface area contributed by atoms with Crippen LogP contribution in [0.2, 0.25) is 0 Å². The minimum absolute atomic E-state index is 0.763. The molecule has 3 rings (SSSR count). The molecule has 0 N–H and O–H groups in total. The summed E-state index contributed by atoms with van der Waals surface area (Å²) >= 11 is 8.53. The largest absolute Gasteiger partial charge is 0.192 e. The smallest absolute Gasteiger partial charge is 0.110 e. The standard InChI is InChI=1S/C13H6BrNS3/c14-13-6-5-12(18-13)11-4-3-10(17-11)9-2-1-8(7-15)16-9/h1-6H. The van der Waals surface area contributed by atoms with Gasteiger partial charge in [0.05, 0.1) is 3.79 Å². The number of thiophene rings is 3. The summed E-state index contributed by atoms with van der Waals surface area (Å²) in [6, 6.07) is 14.5. The van der Waals surface area contributed by atoms with Crippen LogP contribution in [0.1, 0.15) is 4.88 Å². The monoisotopic (exact) mass is 351 g/mol. The molecule has 0 amide bonds. The Morgan fingerprint density at radius 2 is 1.33 bits per heavy atom. The third-order valence-corrected chi connectivity index (χ3v) is 6.47. The molecule has 18 heavy (non-hydrogen) atoms. The van der Waals surface area contributed by atoms with Crippen molar-refractivity contribution < 1.29 is 0 Å². The molecular formula is C13H6BrNS3. The summed E-state index contributed by atoms with van der Waals surface area (Å²) < 4.78 is 1.15. The van der Waals surface area contributed by atoms with E-state index >= 15 is 0 Å². The first-order valence-corrected chi connectivity index (χ1v) is 8.36. The van der Waals surface area contributed by atoms with E-state index in [0.29, 0.717) is 0 Å². The van der Waals surface area contributed by atoms with Crippen LogP contribution < -0.4 is 0 Å². The van der Waals surface area contributed by atoms with E-state index in [1.54, 1.807) is 34.0 Å². The lowest BCUT2D eigenvalue weighted by atomic mass is 10.3. The molecule has 0 fully saturated rings. The van der Waals surface area contributed by atoms with E-state index in [9.17, 15) is 0 Å². The van der Waals surface area contributed by atoms with Crippen molar-refractivity contribution in [3.8, 4) is 25.6 Å². The lowest BCUT2D eigenvalue weighted by Gasteiger charge is -1.90. The van der Waals surface area contributed by atoms with Gasteiger partial charge in [0.15, 0.2) is 0 Å². The highest BCUT2D eigenvalue weighted by atomic mass is 79.9. The maximum Gasteiger partial charge on any atom is 0.110 e. The van der Waals surface area contributed by atoms with E-state index in [0.717, 1.165) is 8.66 Å². The first kappa shape index (κ1) is 12.1. The summed E-state index contributed by atoms with van der Waals surface area (Å²) in [7, 11) is 0. The Kier molecular flexibility index (Phi) is 3.35. The van der Waals surface area contributed by atoms with Crippen LogP contribution in [0, 0.1) is 11.3 Å². The lowest BCUT2D eigenvalue weighted by Crippen LogP contribution is -1.57. The molecule has 88 valence electrons. The highest BCUT2D eigenvalue weighted by Crippen LogP contribution is 2.40. The molecule has 0 atom stereocenters. The van der Waals surface area contributed by atoms with Crippen molar-refractivity contribution in [3.05, 3.63) is 45.1 Å². The van der Waals surface area contributed by atoms with Crippen molar-refractivity contribution in [2.75, 3.05) is 0 Å². The molecule has 0 radical (unpaired) electrons. The molecule has 3 heterocycles. The quantitative estimate of drug-likeness (QED) is 0.568. The molecule has 0 aliphatic carbocycles. The van der Waals surface area contributed by atoms with Gasteiger partial charge in [0.2, 0.25) is 0 Å². The van der Waals surface area contributed by atoms with Gasteiger partial charge in [-0.25, -0.2) is 0 Å². The second-order valence-corrected chi connectivity index (χ2v) is 8.17. The van der Waals surface area contributed by atoms with Crippen LogP contribution in [0.15, 0.2) is 40.2 Å². The van der Waals surface area contributed by atoms with Gasteiger partial charge in [0.1, 0.15) is 10.9 Å². The van der Waals surface area contributed by atoms with Gasteiger partial charge in [-0.05, 0) is 52.3 Å². The maximum atomic E-state index is 8.84. The molecule has 0 bridgehead atoms. The number of nitrogens with zero attached hydrogens (tertiary/aromatic N) is 1. The van der Waals surface area contributed by atoms with Gasteiger partial charge in [-0.1, -0.05) is 0 Å². The fraction of sp³-hybridized carbons (Fsp3) is 0. The molecular weight excluding hydrogens is 346 g/mol. The van der Waals surface area contributed by atoms with Gasteiger partial charge in [-0.15, -0.1) is 34.0 Å². The third kappa shape index (κ3) is 2.29. The molecule has 0 unspecified atom stereocenters. The Morgan fingerprint density at radius 3 is 1.89 bits per heavy atom. The zero-order valence-electron chi connectivity index (χ0n) is 9.01. The molecule has 0 spiro atoms. The Balaban J connectivity index is 1.96. The van der Waals surface area contributed by atoms with Crippen molar-refractivity contribution in [1.29, 1.82) is 5.26 Å². The Hall–Kier alpha value is -0.930. The lowest BCUT2D eigenvalue weighted by molar-refractivity contribution is 1.52. The number of nitriles is 1. The number of halogens is 1. The van der Waals surface area contributed by atoms with E-state index in [1.165, 1.54) is 19.5 Å². The van der Waals surface area contributed by atoms with Crippen LogP contribution >= 0.6 is 49.9 Å². The van der Waals surface area contributed by atoms with E-state index in [-0.39, 0.29) is 0 Å². The molecule has 0 saturated carbocycles. The van der Waals surface area contributed by atoms with E-state index in [2.05, 4.69) is 46.3 Å². The van der Waals surface area contributed by atoms with Gasteiger partial charge in [-0.2, -0.15) is 5.26 Å². The van der Waals surface area contributed by atoms with E-state index < -0.39 is 0 Å². The van der Waals surface area contributed by atoms with Crippen LogP contribution in [-0.2, 0) is 0 Å². The number of hydrogen-bond acceptors (Lipinski definition) is 4. The first-order valence-electron chi connectivity index (χ1n) is 5.12. The summed E-state index contributed by atoms with van der Waals surface area (Å²) in [5.74, 6) is 0. The van der Waals surface area contributed by atoms with Crippen molar-refractivity contribution >= 4 is 49.9 Å². The second-order valence-electron chi connectivity index (χ2n) is 3.54. The molecule has 0 aliphatic heterocycles. The van der Waals surface area contributed by atoms with Crippen molar-refractivity contribution in [1.82, 2.24) is 0 Å². The molecule has 0 saturated heterocycles. The molecule has 0 aliphatic rings. The third-order valence-electron chi connectivity index (χ3n) is 2.38.